The average molecular weight is 553 g/mol. The van der Waals surface area contributed by atoms with Gasteiger partial charge in [0.1, 0.15) is 23.6 Å². The van der Waals surface area contributed by atoms with Crippen LogP contribution in [0.4, 0.5) is 10.7 Å². The number of pyridine rings is 1. The lowest BCUT2D eigenvalue weighted by Gasteiger charge is -2.13. The highest BCUT2D eigenvalue weighted by molar-refractivity contribution is 6.05. The van der Waals surface area contributed by atoms with Gasteiger partial charge in [0, 0.05) is 24.0 Å². The monoisotopic (exact) mass is 552 g/mol. The Balaban J connectivity index is 1.35. The van der Waals surface area contributed by atoms with E-state index in [1.807, 2.05) is 60.7 Å². The SMILES string of the molecule is COc1cc(C(N)=O)cc2nc(NC(=O)c3ccc4ccccc4n3)n(CCCNC(=O)OCc3ccccc3)c12. The van der Waals surface area contributed by atoms with Gasteiger partial charge in [0.25, 0.3) is 5.91 Å². The predicted octanol–water partition coefficient (Wildman–Crippen LogP) is 4.26. The number of alkyl carbamates (subject to hydrolysis) is 1. The van der Waals surface area contributed by atoms with Crippen LogP contribution in [0.2, 0.25) is 0 Å². The number of benzene rings is 3. The number of primary amides is 1. The van der Waals surface area contributed by atoms with Gasteiger partial charge in [-0.1, -0.05) is 54.6 Å². The zero-order valence-corrected chi connectivity index (χ0v) is 22.3. The van der Waals surface area contributed by atoms with Gasteiger partial charge in [-0.25, -0.2) is 14.8 Å². The van der Waals surface area contributed by atoms with Crippen molar-refractivity contribution in [2.24, 2.45) is 5.73 Å². The Hall–Kier alpha value is -5.45. The number of carbonyl (C=O) groups is 3. The summed E-state index contributed by atoms with van der Waals surface area (Å²) in [4.78, 5) is 46.3. The molecule has 0 radical (unpaired) electrons. The molecule has 0 aliphatic heterocycles. The first-order chi connectivity index (χ1) is 19.9. The maximum Gasteiger partial charge on any atom is 0.407 e. The van der Waals surface area contributed by atoms with Gasteiger partial charge in [-0.15, -0.1) is 0 Å². The summed E-state index contributed by atoms with van der Waals surface area (Å²) < 4.78 is 12.6. The summed E-state index contributed by atoms with van der Waals surface area (Å²) in [5.41, 5.74) is 8.49. The van der Waals surface area contributed by atoms with Crippen LogP contribution in [0, 0.1) is 0 Å². The van der Waals surface area contributed by atoms with E-state index >= 15 is 0 Å². The van der Waals surface area contributed by atoms with Crippen molar-refractivity contribution in [2.45, 2.75) is 19.6 Å². The van der Waals surface area contributed by atoms with Gasteiger partial charge in [-0.3, -0.25) is 14.9 Å². The summed E-state index contributed by atoms with van der Waals surface area (Å²) in [5.74, 6) is -0.497. The molecule has 0 aliphatic rings. The number of nitrogens with zero attached hydrogens (tertiary/aromatic N) is 3. The van der Waals surface area contributed by atoms with Crippen LogP contribution in [0.15, 0.2) is 78.9 Å². The van der Waals surface area contributed by atoms with Crippen molar-refractivity contribution in [2.75, 3.05) is 19.0 Å². The summed E-state index contributed by atoms with van der Waals surface area (Å²) in [6.07, 6.45) is -0.0621. The second-order valence-electron chi connectivity index (χ2n) is 9.18. The molecule has 0 spiro atoms. The zero-order valence-electron chi connectivity index (χ0n) is 22.3. The molecule has 4 N–H and O–H groups in total. The highest BCUT2D eigenvalue weighted by Gasteiger charge is 2.20. The molecule has 3 aromatic carbocycles. The maximum atomic E-state index is 13.2. The molecule has 0 aliphatic carbocycles. The molecule has 208 valence electrons. The van der Waals surface area contributed by atoms with Crippen molar-refractivity contribution < 1.29 is 23.9 Å². The Morgan fingerprint density at radius 2 is 1.71 bits per heavy atom. The first-order valence-corrected chi connectivity index (χ1v) is 12.9. The zero-order chi connectivity index (χ0) is 28.8. The standard InChI is InChI=1S/C30H28N6O5/c1-40-25-17-21(27(31)37)16-24-26(25)36(15-7-14-32-30(39)41-18-19-8-3-2-4-9-19)29(34-24)35-28(38)23-13-12-20-10-5-6-11-22(20)33-23/h2-6,8-13,16-17H,7,14-15,18H2,1H3,(H2,31,37)(H,32,39)(H,34,35,38). The number of aryl methyl sites for hydroxylation is 1. The van der Waals surface area contributed by atoms with Crippen molar-refractivity contribution in [1.82, 2.24) is 19.9 Å². The van der Waals surface area contributed by atoms with Crippen molar-refractivity contribution in [3.05, 3.63) is 95.7 Å². The first-order valence-electron chi connectivity index (χ1n) is 12.9. The van der Waals surface area contributed by atoms with E-state index in [9.17, 15) is 14.4 Å². The van der Waals surface area contributed by atoms with Crippen molar-refractivity contribution in [3.8, 4) is 5.75 Å². The number of methoxy groups -OCH3 is 1. The van der Waals surface area contributed by atoms with Crippen LogP contribution in [-0.2, 0) is 17.9 Å². The van der Waals surface area contributed by atoms with Crippen LogP contribution < -0.4 is 21.1 Å². The number of amides is 3. The topological polar surface area (TPSA) is 150 Å². The number of ether oxygens (including phenoxy) is 2. The van der Waals surface area contributed by atoms with Crippen LogP contribution in [0.25, 0.3) is 21.9 Å². The molecule has 0 bridgehead atoms. The molecular formula is C30H28N6O5. The summed E-state index contributed by atoms with van der Waals surface area (Å²) in [6.45, 7) is 0.814. The fraction of sp³-hybridized carbons (Fsp3) is 0.167. The molecule has 5 rings (SSSR count). The molecule has 2 aromatic heterocycles. The molecule has 11 heteroatoms. The Kier molecular flexibility index (Phi) is 8.05. The van der Waals surface area contributed by atoms with E-state index in [0.29, 0.717) is 41.8 Å². The number of anilines is 1. The molecular weight excluding hydrogens is 524 g/mol. The Morgan fingerprint density at radius 3 is 2.49 bits per heavy atom. The molecule has 11 nitrogen and oxygen atoms in total. The quantitative estimate of drug-likeness (QED) is 0.219. The van der Waals surface area contributed by atoms with Crippen LogP contribution in [-0.4, -0.2) is 46.1 Å². The van der Waals surface area contributed by atoms with Crippen LogP contribution in [0.5, 0.6) is 5.75 Å². The molecule has 0 unspecified atom stereocenters. The summed E-state index contributed by atoms with van der Waals surface area (Å²) in [5, 5.41) is 6.48. The fourth-order valence-corrected chi connectivity index (χ4v) is 4.40. The van der Waals surface area contributed by atoms with Gasteiger partial charge in [0.15, 0.2) is 0 Å². The third kappa shape index (κ3) is 6.25. The average Bonchev–Trinajstić information content (AvgIpc) is 3.34. The third-order valence-corrected chi connectivity index (χ3v) is 6.41. The molecule has 0 fully saturated rings. The first kappa shape index (κ1) is 27.1. The molecule has 0 saturated heterocycles. The minimum atomic E-state index is -0.635. The van der Waals surface area contributed by atoms with E-state index < -0.39 is 17.9 Å². The van der Waals surface area contributed by atoms with E-state index in [1.165, 1.54) is 13.2 Å². The van der Waals surface area contributed by atoms with E-state index in [1.54, 1.807) is 16.7 Å². The van der Waals surface area contributed by atoms with Crippen LogP contribution in [0.1, 0.15) is 32.8 Å². The molecule has 0 saturated carbocycles. The Labute approximate surface area is 235 Å². The largest absolute Gasteiger partial charge is 0.494 e. The number of nitrogens with two attached hydrogens (primary N) is 1. The Morgan fingerprint density at radius 1 is 0.927 bits per heavy atom. The molecule has 5 aromatic rings. The number of fused-ring (bicyclic) bond motifs is 2. The van der Waals surface area contributed by atoms with Crippen molar-refractivity contribution >= 4 is 45.8 Å². The summed E-state index contributed by atoms with van der Waals surface area (Å²) >= 11 is 0. The number of para-hydroxylation sites is 1. The second kappa shape index (κ2) is 12.2. The summed E-state index contributed by atoms with van der Waals surface area (Å²) in [7, 11) is 1.47. The molecule has 0 atom stereocenters. The highest BCUT2D eigenvalue weighted by Crippen LogP contribution is 2.31. The molecule has 3 amide bonds. The smallest absolute Gasteiger partial charge is 0.407 e. The Bertz CT molecular complexity index is 1730. The number of aromatic nitrogens is 3. The number of hydrogen-bond donors (Lipinski definition) is 3. The lowest BCUT2D eigenvalue weighted by Crippen LogP contribution is -2.26. The minimum Gasteiger partial charge on any atom is -0.494 e. The summed E-state index contributed by atoms with van der Waals surface area (Å²) in [6, 6.07) is 23.4. The van der Waals surface area contributed by atoms with E-state index in [2.05, 4.69) is 20.6 Å². The van der Waals surface area contributed by atoms with Gasteiger partial charge in [-0.05, 0) is 36.2 Å². The predicted molar refractivity (Wildman–Crippen MR) is 154 cm³/mol. The van der Waals surface area contributed by atoms with E-state index in [4.69, 9.17) is 15.2 Å². The van der Waals surface area contributed by atoms with E-state index in [0.717, 1.165) is 10.9 Å². The number of imidazole rings is 1. The van der Waals surface area contributed by atoms with Crippen LogP contribution in [0.3, 0.4) is 0 Å². The van der Waals surface area contributed by atoms with Gasteiger partial charge < -0.3 is 25.1 Å². The lowest BCUT2D eigenvalue weighted by molar-refractivity contribution is 0.0996. The van der Waals surface area contributed by atoms with Crippen molar-refractivity contribution in [3.63, 3.8) is 0 Å². The number of carbonyl (C=O) groups excluding carboxylic acids is 3. The second-order valence-corrected chi connectivity index (χ2v) is 9.18. The normalized spacial score (nSPS) is 10.9. The highest BCUT2D eigenvalue weighted by atomic mass is 16.5. The van der Waals surface area contributed by atoms with Crippen LogP contribution >= 0.6 is 0 Å². The number of hydrogen-bond acceptors (Lipinski definition) is 7. The van der Waals surface area contributed by atoms with Gasteiger partial charge in [0.2, 0.25) is 11.9 Å². The van der Waals surface area contributed by atoms with Gasteiger partial charge in [0.05, 0.1) is 18.1 Å². The lowest BCUT2D eigenvalue weighted by atomic mass is 10.1. The van der Waals surface area contributed by atoms with Gasteiger partial charge >= 0.3 is 6.09 Å². The van der Waals surface area contributed by atoms with E-state index in [-0.39, 0.29) is 23.8 Å². The molecule has 41 heavy (non-hydrogen) atoms. The van der Waals surface area contributed by atoms with Crippen molar-refractivity contribution in [1.29, 1.82) is 0 Å². The maximum absolute atomic E-state index is 13.2. The van der Waals surface area contributed by atoms with Gasteiger partial charge in [-0.2, -0.15) is 0 Å². The number of rotatable bonds is 10. The minimum absolute atomic E-state index is 0.164. The molecule has 2 heterocycles. The fourth-order valence-electron chi connectivity index (χ4n) is 4.40. The number of nitrogens with one attached hydrogen (secondary N) is 2. The third-order valence-electron chi connectivity index (χ3n) is 6.41.